The molecule has 3 rings (SSSR count). The van der Waals surface area contributed by atoms with Crippen LogP contribution < -0.4 is 5.32 Å². The smallest absolute Gasteiger partial charge is 0.298 e. The summed E-state index contributed by atoms with van der Waals surface area (Å²) in [5, 5.41) is 6.63. The van der Waals surface area contributed by atoms with Gasteiger partial charge in [0.15, 0.2) is 10.8 Å². The molecule has 28 heavy (non-hydrogen) atoms. The maximum atomic E-state index is 12.9. The predicted molar refractivity (Wildman–Crippen MR) is 88.4 cm³/mol. The number of thiazole rings is 1. The van der Waals surface area contributed by atoms with E-state index in [4.69, 9.17) is 0 Å². The summed E-state index contributed by atoms with van der Waals surface area (Å²) >= 11 is 0.598. The minimum Gasteiger partial charge on any atom is -0.298 e. The molecule has 5 nitrogen and oxygen atoms in total. The second-order valence-electron chi connectivity index (χ2n) is 5.59. The van der Waals surface area contributed by atoms with Crippen molar-refractivity contribution >= 4 is 22.4 Å². The van der Waals surface area contributed by atoms with Gasteiger partial charge in [-0.25, -0.2) is 9.67 Å². The van der Waals surface area contributed by atoms with Gasteiger partial charge in [0.2, 0.25) is 0 Å². The Labute approximate surface area is 157 Å². The lowest BCUT2D eigenvalue weighted by molar-refractivity contribution is -0.140. The van der Waals surface area contributed by atoms with E-state index in [0.29, 0.717) is 11.3 Å². The molecular weight excluding hydrogens is 410 g/mol. The number of benzene rings is 1. The Morgan fingerprint density at radius 3 is 2.46 bits per heavy atom. The summed E-state index contributed by atoms with van der Waals surface area (Å²) < 4.78 is 77.4. The number of rotatable bonds is 3. The minimum absolute atomic E-state index is 0.0128. The Morgan fingerprint density at radius 1 is 1.14 bits per heavy atom. The van der Waals surface area contributed by atoms with Crippen LogP contribution in [0.25, 0.3) is 5.69 Å². The summed E-state index contributed by atoms with van der Waals surface area (Å²) in [6, 6.07) is 4.36. The number of anilines is 1. The first kappa shape index (κ1) is 19.9. The molecule has 0 saturated carbocycles. The topological polar surface area (TPSA) is 59.8 Å². The van der Waals surface area contributed by atoms with Gasteiger partial charge in [-0.1, -0.05) is 6.07 Å². The highest BCUT2D eigenvalue weighted by Gasteiger charge is 2.34. The van der Waals surface area contributed by atoms with Crippen LogP contribution in [0.15, 0.2) is 35.8 Å². The zero-order chi connectivity index (χ0) is 20.7. The van der Waals surface area contributed by atoms with Gasteiger partial charge in [-0.3, -0.25) is 10.1 Å². The summed E-state index contributed by atoms with van der Waals surface area (Å²) in [4.78, 5) is 15.6. The number of alkyl halides is 6. The van der Waals surface area contributed by atoms with E-state index in [2.05, 4.69) is 15.4 Å². The number of amides is 1. The molecule has 148 valence electrons. The molecule has 0 spiro atoms. The number of carbonyl (C=O) groups excluding carboxylic acids is 1. The van der Waals surface area contributed by atoms with Crippen LogP contribution >= 0.6 is 11.3 Å². The summed E-state index contributed by atoms with van der Waals surface area (Å²) in [5.41, 5.74) is -1.73. The van der Waals surface area contributed by atoms with E-state index >= 15 is 0 Å². The van der Waals surface area contributed by atoms with E-state index in [-0.39, 0.29) is 22.1 Å². The van der Waals surface area contributed by atoms with E-state index in [1.165, 1.54) is 19.1 Å². The number of nitrogens with zero attached hydrogens (tertiary/aromatic N) is 3. The highest BCUT2D eigenvalue weighted by molar-refractivity contribution is 7.14. The fourth-order valence-corrected chi connectivity index (χ4v) is 3.04. The summed E-state index contributed by atoms with van der Waals surface area (Å²) in [7, 11) is 0. The van der Waals surface area contributed by atoms with Gasteiger partial charge in [-0.15, -0.1) is 11.3 Å². The second-order valence-corrected chi connectivity index (χ2v) is 6.45. The third kappa shape index (κ3) is 4.01. The van der Waals surface area contributed by atoms with Gasteiger partial charge in [-0.05, 0) is 25.1 Å². The fourth-order valence-electron chi connectivity index (χ4n) is 2.33. The van der Waals surface area contributed by atoms with Gasteiger partial charge in [0, 0.05) is 5.38 Å². The molecule has 0 aliphatic carbocycles. The molecule has 0 aliphatic heterocycles. The van der Waals surface area contributed by atoms with Crippen LogP contribution in [-0.2, 0) is 12.4 Å². The number of hydrogen-bond acceptors (Lipinski definition) is 4. The van der Waals surface area contributed by atoms with E-state index in [0.717, 1.165) is 28.4 Å². The van der Waals surface area contributed by atoms with E-state index in [9.17, 15) is 31.1 Å². The molecule has 0 unspecified atom stereocenters. The molecule has 0 fully saturated rings. The van der Waals surface area contributed by atoms with Crippen molar-refractivity contribution in [2.75, 3.05) is 5.32 Å². The Kier molecular flexibility index (Phi) is 4.91. The minimum atomic E-state index is -4.64. The van der Waals surface area contributed by atoms with Crippen molar-refractivity contribution in [3.8, 4) is 5.69 Å². The Bertz CT molecular complexity index is 1020. The average Bonchev–Trinajstić information content (AvgIpc) is 3.20. The lowest BCUT2D eigenvalue weighted by atomic mass is 10.2. The van der Waals surface area contributed by atoms with Gasteiger partial charge in [-0.2, -0.15) is 31.4 Å². The lowest BCUT2D eigenvalue weighted by Gasteiger charge is -2.10. The first-order chi connectivity index (χ1) is 13.0. The van der Waals surface area contributed by atoms with Crippen molar-refractivity contribution in [1.29, 1.82) is 0 Å². The SMILES string of the molecule is Cc1c(C(=O)Nc2nc(C(F)(F)F)cs2)cnn1-c1cccc(C(F)(F)F)c1. The van der Waals surface area contributed by atoms with Crippen molar-refractivity contribution in [3.05, 3.63) is 58.4 Å². The normalized spacial score (nSPS) is 12.2. The summed E-state index contributed by atoms with van der Waals surface area (Å²) in [6.45, 7) is 1.45. The molecule has 0 saturated heterocycles. The van der Waals surface area contributed by atoms with E-state index in [1.807, 2.05) is 0 Å². The van der Waals surface area contributed by atoms with Crippen LogP contribution in [0.2, 0.25) is 0 Å². The van der Waals surface area contributed by atoms with Crippen LogP contribution in [0, 0.1) is 6.92 Å². The summed E-state index contributed by atoms with van der Waals surface area (Å²) in [6.07, 6.45) is -8.06. The maximum Gasteiger partial charge on any atom is 0.434 e. The number of halogens is 6. The molecule has 0 radical (unpaired) electrons. The average molecular weight is 420 g/mol. The van der Waals surface area contributed by atoms with Gasteiger partial charge >= 0.3 is 12.4 Å². The number of carbonyl (C=O) groups is 1. The van der Waals surface area contributed by atoms with Crippen molar-refractivity contribution < 1.29 is 31.1 Å². The zero-order valence-electron chi connectivity index (χ0n) is 13.9. The third-order valence-corrected chi connectivity index (χ3v) is 4.45. The molecule has 0 aliphatic rings. The Morgan fingerprint density at radius 2 is 1.86 bits per heavy atom. The van der Waals surface area contributed by atoms with Gasteiger partial charge in [0.25, 0.3) is 5.91 Å². The molecule has 1 amide bonds. The van der Waals surface area contributed by atoms with Crippen LogP contribution in [-0.4, -0.2) is 20.7 Å². The van der Waals surface area contributed by atoms with Crippen LogP contribution in [0.4, 0.5) is 31.5 Å². The fraction of sp³-hybridized carbons (Fsp3) is 0.188. The Balaban J connectivity index is 1.85. The van der Waals surface area contributed by atoms with Gasteiger partial charge < -0.3 is 0 Å². The van der Waals surface area contributed by atoms with Crippen molar-refractivity contribution in [1.82, 2.24) is 14.8 Å². The largest absolute Gasteiger partial charge is 0.434 e. The highest BCUT2D eigenvalue weighted by atomic mass is 32.1. The van der Waals surface area contributed by atoms with Gasteiger partial charge in [0.1, 0.15) is 0 Å². The standard InChI is InChI=1S/C16H10F6N4OS/c1-8-11(13(27)25-14-24-12(7-28-14)16(20,21)22)6-23-26(8)10-4-2-3-9(5-10)15(17,18)19/h2-7H,1H3,(H,24,25,27). The monoisotopic (exact) mass is 420 g/mol. The Hall–Kier alpha value is -2.89. The molecule has 0 bridgehead atoms. The van der Waals surface area contributed by atoms with Crippen LogP contribution in [0.3, 0.4) is 0 Å². The van der Waals surface area contributed by atoms with Gasteiger partial charge in [0.05, 0.1) is 28.7 Å². The van der Waals surface area contributed by atoms with Crippen molar-refractivity contribution in [2.24, 2.45) is 0 Å². The molecule has 3 aromatic rings. The summed E-state index contributed by atoms with van der Waals surface area (Å²) in [5.74, 6) is -0.779. The van der Waals surface area contributed by atoms with Crippen molar-refractivity contribution in [3.63, 3.8) is 0 Å². The third-order valence-electron chi connectivity index (χ3n) is 3.69. The zero-order valence-corrected chi connectivity index (χ0v) is 14.7. The van der Waals surface area contributed by atoms with Crippen LogP contribution in [0.1, 0.15) is 27.3 Å². The lowest BCUT2D eigenvalue weighted by Crippen LogP contribution is -2.14. The quantitative estimate of drug-likeness (QED) is 0.612. The molecule has 1 N–H and O–H groups in total. The van der Waals surface area contributed by atoms with Crippen LogP contribution in [0.5, 0.6) is 0 Å². The van der Waals surface area contributed by atoms with E-state index in [1.54, 1.807) is 0 Å². The molecule has 12 heteroatoms. The molecule has 1 aromatic carbocycles. The predicted octanol–water partition coefficient (Wildman–Crippen LogP) is 4.93. The maximum absolute atomic E-state index is 12.9. The number of nitrogens with one attached hydrogen (secondary N) is 1. The number of aromatic nitrogens is 3. The second kappa shape index (κ2) is 6.93. The molecular formula is C16H10F6N4OS. The van der Waals surface area contributed by atoms with E-state index < -0.39 is 29.5 Å². The number of hydrogen-bond donors (Lipinski definition) is 1. The molecule has 2 aromatic heterocycles. The first-order valence-corrected chi connectivity index (χ1v) is 8.41. The van der Waals surface area contributed by atoms with Crippen molar-refractivity contribution in [2.45, 2.75) is 19.3 Å². The molecule has 2 heterocycles. The molecule has 0 atom stereocenters. The highest BCUT2D eigenvalue weighted by Crippen LogP contribution is 2.32. The first-order valence-electron chi connectivity index (χ1n) is 7.53.